The molecule has 0 aliphatic carbocycles. The predicted molar refractivity (Wildman–Crippen MR) is 77.5 cm³/mol. The Labute approximate surface area is 117 Å². The van der Waals surface area contributed by atoms with Crippen LogP contribution in [0.25, 0.3) is 0 Å². The predicted octanol–water partition coefficient (Wildman–Crippen LogP) is 0.925. The first-order valence-corrected chi connectivity index (χ1v) is 8.19. The van der Waals surface area contributed by atoms with Crippen LogP contribution in [-0.4, -0.2) is 74.4 Å². The summed E-state index contributed by atoms with van der Waals surface area (Å²) in [6.07, 6.45) is 6.60. The number of nitrogens with zero attached hydrogens (tertiary/aromatic N) is 2. The topological polar surface area (TPSA) is 27.7 Å². The highest BCUT2D eigenvalue weighted by Crippen LogP contribution is 2.19. The fraction of sp³-hybridized carbons (Fsp3) is 1.00. The maximum absolute atomic E-state index is 5.39. The van der Waals surface area contributed by atoms with Gasteiger partial charge in [0.15, 0.2) is 0 Å². The van der Waals surface area contributed by atoms with Crippen LogP contribution in [-0.2, 0) is 4.74 Å². The Bertz CT molecular complexity index is 262. The molecule has 19 heavy (non-hydrogen) atoms. The molecule has 0 spiro atoms. The van der Waals surface area contributed by atoms with Gasteiger partial charge in [0.2, 0.25) is 0 Å². The van der Waals surface area contributed by atoms with Crippen LogP contribution in [0.3, 0.4) is 0 Å². The fourth-order valence-corrected chi connectivity index (χ4v) is 3.75. The number of hydrogen-bond donors (Lipinski definition) is 1. The average molecular weight is 267 g/mol. The molecule has 0 saturated carbocycles. The Hall–Kier alpha value is -0.160. The van der Waals surface area contributed by atoms with E-state index >= 15 is 0 Å². The van der Waals surface area contributed by atoms with E-state index in [1.54, 1.807) is 0 Å². The van der Waals surface area contributed by atoms with E-state index in [-0.39, 0.29) is 0 Å². The van der Waals surface area contributed by atoms with Crippen LogP contribution in [0.1, 0.15) is 32.1 Å². The van der Waals surface area contributed by atoms with Crippen LogP contribution in [0.2, 0.25) is 0 Å². The Morgan fingerprint density at radius 1 is 1.00 bits per heavy atom. The molecule has 0 aromatic heterocycles. The lowest BCUT2D eigenvalue weighted by molar-refractivity contribution is 0.0774. The molecule has 3 aliphatic rings. The molecule has 3 saturated heterocycles. The van der Waals surface area contributed by atoms with Crippen molar-refractivity contribution in [2.45, 2.75) is 44.2 Å². The van der Waals surface area contributed by atoms with Crippen molar-refractivity contribution in [1.82, 2.24) is 15.1 Å². The lowest BCUT2D eigenvalue weighted by atomic mass is 10.1. The summed E-state index contributed by atoms with van der Waals surface area (Å²) >= 11 is 0. The van der Waals surface area contributed by atoms with Crippen molar-refractivity contribution in [3.63, 3.8) is 0 Å². The Morgan fingerprint density at radius 2 is 1.79 bits per heavy atom. The van der Waals surface area contributed by atoms with Gasteiger partial charge in [0, 0.05) is 44.9 Å². The van der Waals surface area contributed by atoms with E-state index in [0.29, 0.717) is 6.04 Å². The van der Waals surface area contributed by atoms with Gasteiger partial charge in [-0.1, -0.05) is 0 Å². The van der Waals surface area contributed by atoms with Crippen molar-refractivity contribution in [1.29, 1.82) is 0 Å². The number of likely N-dealkylation sites (tertiary alicyclic amines) is 2. The number of nitrogens with one attached hydrogen (secondary N) is 1. The minimum Gasteiger partial charge on any atom is -0.381 e. The maximum atomic E-state index is 5.39. The Morgan fingerprint density at radius 3 is 2.58 bits per heavy atom. The zero-order valence-electron chi connectivity index (χ0n) is 12.1. The molecule has 3 aliphatic heterocycles. The number of ether oxygens (including phenoxy) is 1. The third-order valence-electron chi connectivity index (χ3n) is 4.99. The molecular formula is C15H29N3O. The molecule has 3 fully saturated rings. The van der Waals surface area contributed by atoms with Crippen molar-refractivity contribution in [2.24, 2.45) is 0 Å². The van der Waals surface area contributed by atoms with E-state index in [2.05, 4.69) is 15.1 Å². The maximum Gasteiger partial charge on any atom is 0.0480 e. The van der Waals surface area contributed by atoms with Gasteiger partial charge in [-0.05, 0) is 51.7 Å². The standard InChI is InChI=1S/C15H29N3O/c1-2-8-18(7-1)15-3-9-17(13-15)10-6-16-14-4-11-19-12-5-14/h14-16H,1-13H2. The number of rotatable bonds is 5. The van der Waals surface area contributed by atoms with E-state index in [9.17, 15) is 0 Å². The van der Waals surface area contributed by atoms with Gasteiger partial charge in [0.25, 0.3) is 0 Å². The second-order valence-electron chi connectivity index (χ2n) is 6.33. The fourth-order valence-electron chi connectivity index (χ4n) is 3.75. The molecule has 0 aromatic rings. The first kappa shape index (κ1) is 13.8. The summed E-state index contributed by atoms with van der Waals surface area (Å²) < 4.78 is 5.39. The summed E-state index contributed by atoms with van der Waals surface area (Å²) in [4.78, 5) is 5.36. The lowest BCUT2D eigenvalue weighted by Gasteiger charge is -2.26. The van der Waals surface area contributed by atoms with Gasteiger partial charge >= 0.3 is 0 Å². The van der Waals surface area contributed by atoms with Crippen molar-refractivity contribution in [3.8, 4) is 0 Å². The minimum absolute atomic E-state index is 0.700. The third kappa shape index (κ3) is 3.91. The van der Waals surface area contributed by atoms with E-state index in [1.807, 2.05) is 0 Å². The van der Waals surface area contributed by atoms with E-state index in [1.165, 1.54) is 64.8 Å². The van der Waals surface area contributed by atoms with Crippen LogP contribution in [0.15, 0.2) is 0 Å². The molecule has 3 rings (SSSR count). The summed E-state index contributed by atoms with van der Waals surface area (Å²) in [5, 5.41) is 3.70. The summed E-state index contributed by atoms with van der Waals surface area (Å²) in [5.74, 6) is 0. The van der Waals surface area contributed by atoms with Gasteiger partial charge in [-0.25, -0.2) is 0 Å². The highest BCUT2D eigenvalue weighted by molar-refractivity contribution is 4.86. The molecule has 1 unspecified atom stereocenters. The van der Waals surface area contributed by atoms with Gasteiger partial charge in [-0.15, -0.1) is 0 Å². The second-order valence-corrected chi connectivity index (χ2v) is 6.33. The van der Waals surface area contributed by atoms with Gasteiger partial charge in [0.05, 0.1) is 0 Å². The van der Waals surface area contributed by atoms with Crippen LogP contribution in [0, 0.1) is 0 Å². The van der Waals surface area contributed by atoms with E-state index < -0.39 is 0 Å². The smallest absolute Gasteiger partial charge is 0.0480 e. The quantitative estimate of drug-likeness (QED) is 0.802. The van der Waals surface area contributed by atoms with Crippen LogP contribution in [0.5, 0.6) is 0 Å². The van der Waals surface area contributed by atoms with Crippen molar-refractivity contribution in [2.75, 3.05) is 52.5 Å². The van der Waals surface area contributed by atoms with Gasteiger partial charge in [-0.3, -0.25) is 4.90 Å². The molecule has 0 radical (unpaired) electrons. The molecular weight excluding hydrogens is 238 g/mol. The van der Waals surface area contributed by atoms with Gasteiger partial charge in [-0.2, -0.15) is 0 Å². The monoisotopic (exact) mass is 267 g/mol. The Balaban J connectivity index is 1.30. The SMILES string of the molecule is C1CCN(C2CCN(CCNC3CCOCC3)C2)C1. The van der Waals surface area contributed by atoms with Gasteiger partial charge < -0.3 is 15.0 Å². The molecule has 4 nitrogen and oxygen atoms in total. The van der Waals surface area contributed by atoms with E-state index in [4.69, 9.17) is 4.74 Å². The molecule has 0 amide bonds. The van der Waals surface area contributed by atoms with Crippen molar-refractivity contribution < 1.29 is 4.74 Å². The van der Waals surface area contributed by atoms with E-state index in [0.717, 1.165) is 25.8 Å². The summed E-state index contributed by atoms with van der Waals surface area (Å²) in [7, 11) is 0. The highest BCUT2D eigenvalue weighted by Gasteiger charge is 2.28. The summed E-state index contributed by atoms with van der Waals surface area (Å²) in [6, 6.07) is 1.55. The lowest BCUT2D eigenvalue weighted by Crippen LogP contribution is -2.40. The summed E-state index contributed by atoms with van der Waals surface area (Å²) in [6.45, 7) is 9.56. The first-order chi connectivity index (χ1) is 9.42. The van der Waals surface area contributed by atoms with Crippen molar-refractivity contribution >= 4 is 0 Å². The Kier molecular flexibility index (Phi) is 5.10. The molecule has 1 N–H and O–H groups in total. The van der Waals surface area contributed by atoms with Gasteiger partial charge in [0.1, 0.15) is 0 Å². The highest BCUT2D eigenvalue weighted by atomic mass is 16.5. The summed E-state index contributed by atoms with van der Waals surface area (Å²) in [5.41, 5.74) is 0. The number of hydrogen-bond acceptors (Lipinski definition) is 4. The molecule has 0 bridgehead atoms. The largest absolute Gasteiger partial charge is 0.381 e. The third-order valence-corrected chi connectivity index (χ3v) is 4.99. The zero-order valence-corrected chi connectivity index (χ0v) is 12.1. The zero-order chi connectivity index (χ0) is 12.9. The van der Waals surface area contributed by atoms with Crippen LogP contribution < -0.4 is 5.32 Å². The molecule has 1 atom stereocenters. The molecule has 0 aromatic carbocycles. The first-order valence-electron chi connectivity index (χ1n) is 8.19. The molecule has 110 valence electrons. The normalized spacial score (nSPS) is 31.3. The minimum atomic E-state index is 0.700. The average Bonchev–Trinajstić information content (AvgIpc) is 3.10. The molecule has 4 heteroatoms. The van der Waals surface area contributed by atoms with Crippen LogP contribution in [0.4, 0.5) is 0 Å². The molecule has 3 heterocycles. The van der Waals surface area contributed by atoms with Crippen molar-refractivity contribution in [3.05, 3.63) is 0 Å². The van der Waals surface area contributed by atoms with Crippen LogP contribution >= 0.6 is 0 Å². The second kappa shape index (κ2) is 7.02.